The summed E-state index contributed by atoms with van der Waals surface area (Å²) < 4.78 is 13.2. The average molecular weight is 297 g/mol. The smallest absolute Gasteiger partial charge is 0.321 e. The summed E-state index contributed by atoms with van der Waals surface area (Å²) in [4.78, 5) is 13.6. The highest BCUT2D eigenvalue weighted by Gasteiger charge is 2.11. The van der Waals surface area contributed by atoms with Gasteiger partial charge in [0.1, 0.15) is 5.82 Å². The Bertz CT molecular complexity index is 737. The number of hydrogen-bond acceptors (Lipinski definition) is 2. The predicted molar refractivity (Wildman–Crippen MR) is 82.8 cm³/mol. The summed E-state index contributed by atoms with van der Waals surface area (Å²) in [5.74, 6) is -0.398. The number of nitriles is 1. The molecule has 0 unspecified atom stereocenters. The standard InChI is InChI=1S/C17H16FN3O/c1-12-6-7-15(18)9-16(12)20-17(22)21(2)11-14-5-3-4-13(8-14)10-19/h3-9H,11H2,1-2H3,(H,20,22). The van der Waals surface area contributed by atoms with E-state index in [0.29, 0.717) is 17.8 Å². The van der Waals surface area contributed by atoms with E-state index in [2.05, 4.69) is 11.4 Å². The molecule has 2 rings (SSSR count). The minimum absolute atomic E-state index is 0.337. The first-order valence-corrected chi connectivity index (χ1v) is 6.77. The van der Waals surface area contributed by atoms with Crippen LogP contribution >= 0.6 is 0 Å². The first-order chi connectivity index (χ1) is 10.5. The fourth-order valence-electron chi connectivity index (χ4n) is 2.02. The fraction of sp³-hybridized carbons (Fsp3) is 0.176. The number of halogens is 1. The highest BCUT2D eigenvalue weighted by Crippen LogP contribution is 2.17. The molecule has 0 heterocycles. The maximum atomic E-state index is 13.2. The van der Waals surface area contributed by atoms with E-state index < -0.39 is 5.82 Å². The Hall–Kier alpha value is -2.87. The Balaban J connectivity index is 2.06. The van der Waals surface area contributed by atoms with E-state index in [0.717, 1.165) is 11.1 Å². The molecule has 2 amide bonds. The molecule has 0 saturated heterocycles. The molecule has 2 aromatic carbocycles. The van der Waals surface area contributed by atoms with Crippen LogP contribution in [0.4, 0.5) is 14.9 Å². The molecule has 1 N–H and O–H groups in total. The van der Waals surface area contributed by atoms with Gasteiger partial charge in [0.25, 0.3) is 0 Å². The minimum atomic E-state index is -0.398. The molecule has 0 saturated carbocycles. The molecular formula is C17H16FN3O. The van der Waals surface area contributed by atoms with Crippen molar-refractivity contribution in [3.8, 4) is 6.07 Å². The van der Waals surface area contributed by atoms with Crippen LogP contribution in [0.5, 0.6) is 0 Å². The van der Waals surface area contributed by atoms with E-state index in [4.69, 9.17) is 5.26 Å². The van der Waals surface area contributed by atoms with E-state index >= 15 is 0 Å². The molecule has 0 aliphatic heterocycles. The van der Waals surface area contributed by atoms with Crippen LogP contribution in [-0.4, -0.2) is 18.0 Å². The zero-order valence-electron chi connectivity index (χ0n) is 12.4. The molecule has 0 atom stereocenters. The normalized spacial score (nSPS) is 9.91. The molecular weight excluding hydrogens is 281 g/mol. The largest absolute Gasteiger partial charge is 0.323 e. The Kier molecular flexibility index (Phi) is 4.74. The van der Waals surface area contributed by atoms with Crippen molar-refractivity contribution in [1.82, 2.24) is 4.90 Å². The molecule has 0 radical (unpaired) electrons. The topological polar surface area (TPSA) is 56.1 Å². The van der Waals surface area contributed by atoms with Crippen molar-refractivity contribution in [3.63, 3.8) is 0 Å². The van der Waals surface area contributed by atoms with Crippen LogP contribution in [0, 0.1) is 24.1 Å². The molecule has 0 spiro atoms. The van der Waals surface area contributed by atoms with Crippen LogP contribution in [0.3, 0.4) is 0 Å². The number of carbonyl (C=O) groups is 1. The summed E-state index contributed by atoms with van der Waals surface area (Å²) in [6.07, 6.45) is 0. The van der Waals surface area contributed by atoms with E-state index in [1.54, 1.807) is 38.2 Å². The van der Waals surface area contributed by atoms with Gasteiger partial charge < -0.3 is 10.2 Å². The number of nitrogens with one attached hydrogen (secondary N) is 1. The lowest BCUT2D eigenvalue weighted by molar-refractivity contribution is 0.220. The number of anilines is 1. The number of urea groups is 1. The Labute approximate surface area is 128 Å². The number of rotatable bonds is 3. The van der Waals surface area contributed by atoms with Crippen LogP contribution in [-0.2, 0) is 6.54 Å². The first-order valence-electron chi connectivity index (χ1n) is 6.77. The highest BCUT2D eigenvalue weighted by atomic mass is 19.1. The van der Waals surface area contributed by atoms with Gasteiger partial charge in [0.2, 0.25) is 0 Å². The number of hydrogen-bond donors (Lipinski definition) is 1. The lowest BCUT2D eigenvalue weighted by Gasteiger charge is -2.19. The van der Waals surface area contributed by atoms with E-state index in [9.17, 15) is 9.18 Å². The first kappa shape index (κ1) is 15.5. The number of amides is 2. The lowest BCUT2D eigenvalue weighted by Crippen LogP contribution is -2.31. The van der Waals surface area contributed by atoms with E-state index in [1.165, 1.54) is 17.0 Å². The molecule has 4 nitrogen and oxygen atoms in total. The van der Waals surface area contributed by atoms with Crippen molar-refractivity contribution in [1.29, 1.82) is 5.26 Å². The molecule has 112 valence electrons. The van der Waals surface area contributed by atoms with Gasteiger partial charge in [-0.1, -0.05) is 18.2 Å². The van der Waals surface area contributed by atoms with Crippen LogP contribution in [0.15, 0.2) is 42.5 Å². The summed E-state index contributed by atoms with van der Waals surface area (Å²) in [6, 6.07) is 13.0. The van der Waals surface area contributed by atoms with Gasteiger partial charge in [-0.3, -0.25) is 0 Å². The fourth-order valence-corrected chi connectivity index (χ4v) is 2.02. The second-order valence-corrected chi connectivity index (χ2v) is 5.06. The average Bonchev–Trinajstić information content (AvgIpc) is 2.51. The van der Waals surface area contributed by atoms with Crippen LogP contribution in [0.25, 0.3) is 0 Å². The number of carbonyl (C=O) groups excluding carboxylic acids is 1. The third-order valence-corrected chi connectivity index (χ3v) is 3.26. The Morgan fingerprint density at radius 2 is 2.09 bits per heavy atom. The second kappa shape index (κ2) is 6.72. The summed E-state index contributed by atoms with van der Waals surface area (Å²) in [5.41, 5.74) is 2.64. The van der Waals surface area contributed by atoms with Crippen molar-refractivity contribution in [3.05, 3.63) is 65.0 Å². The van der Waals surface area contributed by atoms with Gasteiger partial charge in [-0.25, -0.2) is 9.18 Å². The van der Waals surface area contributed by atoms with E-state index in [-0.39, 0.29) is 6.03 Å². The van der Waals surface area contributed by atoms with Crippen molar-refractivity contribution in [2.24, 2.45) is 0 Å². The molecule has 0 bridgehead atoms. The monoisotopic (exact) mass is 297 g/mol. The molecule has 0 aliphatic carbocycles. The van der Waals surface area contributed by atoms with Crippen molar-refractivity contribution in [2.45, 2.75) is 13.5 Å². The summed E-state index contributed by atoms with van der Waals surface area (Å²) in [7, 11) is 1.64. The van der Waals surface area contributed by atoms with Crippen molar-refractivity contribution >= 4 is 11.7 Å². The molecule has 2 aromatic rings. The van der Waals surface area contributed by atoms with Gasteiger partial charge in [-0.15, -0.1) is 0 Å². The zero-order chi connectivity index (χ0) is 16.1. The molecule has 0 aromatic heterocycles. The molecule has 22 heavy (non-hydrogen) atoms. The Morgan fingerprint density at radius 1 is 1.32 bits per heavy atom. The lowest BCUT2D eigenvalue weighted by atomic mass is 10.1. The maximum Gasteiger partial charge on any atom is 0.321 e. The van der Waals surface area contributed by atoms with Gasteiger partial charge in [-0.05, 0) is 42.3 Å². The summed E-state index contributed by atoms with van der Waals surface area (Å²) in [5, 5.41) is 11.6. The Morgan fingerprint density at radius 3 is 2.82 bits per heavy atom. The zero-order valence-corrected chi connectivity index (χ0v) is 12.4. The second-order valence-electron chi connectivity index (χ2n) is 5.06. The highest BCUT2D eigenvalue weighted by molar-refractivity contribution is 5.89. The molecule has 0 aliphatic rings. The maximum absolute atomic E-state index is 13.2. The number of benzene rings is 2. The summed E-state index contributed by atoms with van der Waals surface area (Å²) >= 11 is 0. The van der Waals surface area contributed by atoms with Gasteiger partial charge in [0, 0.05) is 19.3 Å². The van der Waals surface area contributed by atoms with Gasteiger partial charge in [-0.2, -0.15) is 5.26 Å². The number of nitrogens with zero attached hydrogens (tertiary/aromatic N) is 2. The van der Waals surface area contributed by atoms with Gasteiger partial charge in [0.15, 0.2) is 0 Å². The van der Waals surface area contributed by atoms with Crippen LogP contribution < -0.4 is 5.32 Å². The molecule has 0 fully saturated rings. The van der Waals surface area contributed by atoms with Crippen LogP contribution in [0.2, 0.25) is 0 Å². The summed E-state index contributed by atoms with van der Waals surface area (Å²) in [6.45, 7) is 2.15. The third-order valence-electron chi connectivity index (χ3n) is 3.26. The van der Waals surface area contributed by atoms with Crippen molar-refractivity contribution in [2.75, 3.05) is 12.4 Å². The molecule has 5 heteroatoms. The quantitative estimate of drug-likeness (QED) is 0.939. The SMILES string of the molecule is Cc1ccc(F)cc1NC(=O)N(C)Cc1cccc(C#N)c1. The van der Waals surface area contributed by atoms with Gasteiger partial charge >= 0.3 is 6.03 Å². The van der Waals surface area contributed by atoms with Crippen molar-refractivity contribution < 1.29 is 9.18 Å². The minimum Gasteiger partial charge on any atom is -0.323 e. The van der Waals surface area contributed by atoms with E-state index in [1.807, 2.05) is 6.07 Å². The van der Waals surface area contributed by atoms with Gasteiger partial charge in [0.05, 0.1) is 11.6 Å². The van der Waals surface area contributed by atoms with Crippen LogP contribution in [0.1, 0.15) is 16.7 Å². The predicted octanol–water partition coefficient (Wildman–Crippen LogP) is 3.67. The number of aryl methyl sites for hydroxylation is 1. The third kappa shape index (κ3) is 3.83.